The maximum Gasteiger partial charge on any atom is 0.270 e. The minimum atomic E-state index is 0. The number of aromatic amines is 1. The molecule has 0 atom stereocenters. The molecule has 0 aromatic carbocycles. The molecule has 3 N–H and O–H groups in total. The fraction of sp³-hybridized carbons (Fsp3) is 0.643. The summed E-state index contributed by atoms with van der Waals surface area (Å²) >= 11 is 6.29. The summed E-state index contributed by atoms with van der Waals surface area (Å²) in [6, 6.07) is 0.408. The van der Waals surface area contributed by atoms with Crippen molar-refractivity contribution < 1.29 is 22.5 Å². The highest BCUT2D eigenvalue weighted by atomic mass is 35.5. The molecule has 20 heavy (non-hydrogen) atoms. The quantitative estimate of drug-likeness (QED) is 0.624. The van der Waals surface area contributed by atoms with E-state index in [2.05, 4.69) is 15.2 Å². The molecule has 1 fully saturated rings. The average molecular weight is 318 g/mol. The summed E-state index contributed by atoms with van der Waals surface area (Å²) in [4.78, 5) is 18.0. The molecule has 3 heterocycles. The second kappa shape index (κ2) is 6.37. The molecule has 1 aromatic rings. The van der Waals surface area contributed by atoms with Gasteiger partial charge in [0, 0.05) is 36.7 Å². The van der Waals surface area contributed by atoms with Gasteiger partial charge >= 0.3 is 0 Å². The normalized spacial score (nSPS) is 20.3. The number of aryl methyl sites for hydroxylation is 1. The number of quaternary nitrogens is 1. The summed E-state index contributed by atoms with van der Waals surface area (Å²) in [5, 5.41) is 3.09. The van der Waals surface area contributed by atoms with Crippen molar-refractivity contribution in [1.82, 2.24) is 9.88 Å². The van der Waals surface area contributed by atoms with Gasteiger partial charge in [-0.3, -0.25) is 4.79 Å². The van der Waals surface area contributed by atoms with Gasteiger partial charge in [-0.25, -0.2) is 0 Å². The molecule has 3 rings (SSSR count). The van der Waals surface area contributed by atoms with Crippen LogP contribution in [0.25, 0.3) is 0 Å². The summed E-state index contributed by atoms with van der Waals surface area (Å²) in [6.07, 6.45) is 4.12. The van der Waals surface area contributed by atoms with Crippen molar-refractivity contribution in [1.29, 1.82) is 0 Å². The molecule has 112 valence electrons. The number of carbonyl (C=O) groups is 1. The third-order valence-corrected chi connectivity index (χ3v) is 4.87. The van der Waals surface area contributed by atoms with Crippen LogP contribution in [0.15, 0.2) is 0 Å². The fourth-order valence-corrected chi connectivity index (χ4v) is 3.55. The van der Waals surface area contributed by atoms with Gasteiger partial charge in [0.15, 0.2) is 0 Å². The molecule has 6 heteroatoms. The van der Waals surface area contributed by atoms with Crippen LogP contribution in [0.1, 0.15) is 41.0 Å². The lowest BCUT2D eigenvalue weighted by Gasteiger charge is -2.32. The van der Waals surface area contributed by atoms with Crippen LogP contribution in [-0.2, 0) is 6.42 Å². The average Bonchev–Trinajstić information content (AvgIpc) is 2.62. The molecule has 0 spiro atoms. The first-order valence-electron chi connectivity index (χ1n) is 7.18. The predicted molar refractivity (Wildman–Crippen MR) is 74.6 cm³/mol. The van der Waals surface area contributed by atoms with Crippen LogP contribution < -0.4 is 17.7 Å². The third kappa shape index (κ3) is 2.69. The molecule has 0 bridgehead atoms. The summed E-state index contributed by atoms with van der Waals surface area (Å²) in [5.74, 6) is 0.148. The lowest BCUT2D eigenvalue weighted by molar-refractivity contribution is -0.663. The molecular formula is C14H21Cl2N3O. The number of fused-ring (bicyclic) bond motifs is 1. The Balaban J connectivity index is 0.00000147. The van der Waals surface area contributed by atoms with E-state index in [0.29, 0.717) is 6.04 Å². The Morgan fingerprint density at radius 3 is 2.75 bits per heavy atom. The standard InChI is InChI=1S/C14H20ClN3O.ClH/c1-9-12(15)11-3-2-8-18(14(19)13(11)17-9)10-4-6-16-7-5-10;/h10,16-17H,2-8H2,1H3;1H. The number of H-pyrrole nitrogens is 1. The van der Waals surface area contributed by atoms with E-state index in [1.807, 2.05) is 6.92 Å². The third-order valence-electron chi connectivity index (χ3n) is 4.36. The zero-order valence-electron chi connectivity index (χ0n) is 11.7. The number of aromatic nitrogens is 1. The number of nitrogens with zero attached hydrogens (tertiary/aromatic N) is 1. The van der Waals surface area contributed by atoms with Gasteiger partial charge in [0.1, 0.15) is 5.69 Å². The lowest BCUT2D eigenvalue weighted by atomic mass is 10.0. The topological polar surface area (TPSA) is 52.7 Å². The van der Waals surface area contributed by atoms with Crippen LogP contribution in [0.2, 0.25) is 5.02 Å². The van der Waals surface area contributed by atoms with Crippen LogP contribution >= 0.6 is 11.6 Å². The van der Waals surface area contributed by atoms with Gasteiger partial charge in [0.2, 0.25) is 0 Å². The Kier molecular flexibility index (Phi) is 4.99. The molecule has 0 saturated carbocycles. The molecule has 1 aromatic heterocycles. The first-order valence-corrected chi connectivity index (χ1v) is 7.56. The molecule has 2 aliphatic heterocycles. The smallest absolute Gasteiger partial charge is 0.270 e. The van der Waals surface area contributed by atoms with E-state index in [4.69, 9.17) is 11.6 Å². The van der Waals surface area contributed by atoms with Crippen molar-refractivity contribution in [3.05, 3.63) is 22.0 Å². The summed E-state index contributed by atoms with van der Waals surface area (Å²) in [6.45, 7) is 5.06. The number of hydrogen-bond donors (Lipinski definition) is 2. The number of nitrogens with two attached hydrogens (primary N) is 1. The largest absolute Gasteiger partial charge is 1.00 e. The highest BCUT2D eigenvalue weighted by molar-refractivity contribution is 6.32. The van der Waals surface area contributed by atoms with E-state index >= 15 is 0 Å². The van der Waals surface area contributed by atoms with Crippen LogP contribution in [0.4, 0.5) is 0 Å². The summed E-state index contributed by atoms with van der Waals surface area (Å²) in [5.41, 5.74) is 2.67. The van der Waals surface area contributed by atoms with Crippen LogP contribution in [0.5, 0.6) is 0 Å². The Bertz CT molecular complexity index is 495. The minimum Gasteiger partial charge on any atom is -1.00 e. The molecule has 1 amide bonds. The zero-order chi connectivity index (χ0) is 13.4. The zero-order valence-corrected chi connectivity index (χ0v) is 13.2. The second-order valence-corrected chi connectivity index (χ2v) is 5.99. The van der Waals surface area contributed by atoms with Gasteiger partial charge < -0.3 is 27.6 Å². The van der Waals surface area contributed by atoms with Crippen molar-refractivity contribution >= 4 is 17.5 Å². The van der Waals surface area contributed by atoms with Crippen molar-refractivity contribution in [3.63, 3.8) is 0 Å². The Morgan fingerprint density at radius 1 is 1.35 bits per heavy atom. The molecular weight excluding hydrogens is 297 g/mol. The SMILES string of the molecule is Cc1[nH]c2c(c1Cl)CCCN(C1CC[NH2+]CC1)C2=O.[Cl-]. The van der Waals surface area contributed by atoms with E-state index in [0.717, 1.165) is 67.3 Å². The van der Waals surface area contributed by atoms with E-state index in [1.165, 1.54) is 0 Å². The Labute approximate surface area is 130 Å². The van der Waals surface area contributed by atoms with Crippen molar-refractivity contribution in [2.24, 2.45) is 0 Å². The number of hydrogen-bond acceptors (Lipinski definition) is 1. The van der Waals surface area contributed by atoms with E-state index in [9.17, 15) is 4.79 Å². The minimum absolute atomic E-state index is 0. The van der Waals surface area contributed by atoms with Gasteiger partial charge in [-0.05, 0) is 19.8 Å². The van der Waals surface area contributed by atoms with Gasteiger partial charge in [-0.15, -0.1) is 0 Å². The van der Waals surface area contributed by atoms with Crippen molar-refractivity contribution in [2.75, 3.05) is 19.6 Å². The maximum absolute atomic E-state index is 12.7. The van der Waals surface area contributed by atoms with Crippen LogP contribution in [0.3, 0.4) is 0 Å². The first kappa shape index (κ1) is 15.7. The number of carbonyl (C=O) groups excluding carboxylic acids is 1. The Hall–Kier alpha value is -0.710. The van der Waals surface area contributed by atoms with Gasteiger partial charge in [-0.2, -0.15) is 0 Å². The fourth-order valence-electron chi connectivity index (χ4n) is 3.31. The second-order valence-electron chi connectivity index (χ2n) is 5.62. The van der Waals surface area contributed by atoms with Gasteiger partial charge in [-0.1, -0.05) is 11.6 Å². The molecule has 0 radical (unpaired) electrons. The molecule has 1 saturated heterocycles. The highest BCUT2D eigenvalue weighted by Gasteiger charge is 2.32. The highest BCUT2D eigenvalue weighted by Crippen LogP contribution is 2.30. The summed E-state index contributed by atoms with van der Waals surface area (Å²) in [7, 11) is 0. The first-order chi connectivity index (χ1) is 9.18. The van der Waals surface area contributed by atoms with E-state index < -0.39 is 0 Å². The van der Waals surface area contributed by atoms with Crippen LogP contribution in [-0.4, -0.2) is 41.5 Å². The van der Waals surface area contributed by atoms with Crippen molar-refractivity contribution in [3.8, 4) is 0 Å². The summed E-state index contributed by atoms with van der Waals surface area (Å²) < 4.78 is 0. The van der Waals surface area contributed by atoms with Gasteiger partial charge in [0.25, 0.3) is 5.91 Å². The van der Waals surface area contributed by atoms with Gasteiger partial charge in [0.05, 0.1) is 18.1 Å². The van der Waals surface area contributed by atoms with E-state index in [-0.39, 0.29) is 18.3 Å². The number of piperidine rings is 1. The maximum atomic E-state index is 12.7. The number of amides is 1. The Morgan fingerprint density at radius 2 is 2.05 bits per heavy atom. The molecule has 4 nitrogen and oxygen atoms in total. The number of nitrogens with one attached hydrogen (secondary N) is 1. The van der Waals surface area contributed by atoms with Crippen LogP contribution in [0, 0.1) is 6.92 Å². The predicted octanol–water partition coefficient (Wildman–Crippen LogP) is -1.91. The lowest BCUT2D eigenvalue weighted by Crippen LogP contribution is -3.00. The monoisotopic (exact) mass is 317 g/mol. The number of rotatable bonds is 1. The molecule has 2 aliphatic rings. The number of halogens is 2. The van der Waals surface area contributed by atoms with E-state index in [1.54, 1.807) is 0 Å². The molecule has 0 aliphatic carbocycles. The van der Waals surface area contributed by atoms with Crippen molar-refractivity contribution in [2.45, 2.75) is 38.6 Å². The molecule has 0 unspecified atom stereocenters.